The van der Waals surface area contributed by atoms with E-state index in [1.165, 1.54) is 0 Å². The van der Waals surface area contributed by atoms with E-state index in [-0.39, 0.29) is 17.3 Å². The molecule has 5 nitrogen and oxygen atoms in total. The summed E-state index contributed by atoms with van der Waals surface area (Å²) in [6.07, 6.45) is 5.99. The first-order chi connectivity index (χ1) is 10.3. The third-order valence-corrected chi connectivity index (χ3v) is 4.62. The number of ether oxygens (including phenoxy) is 2. The monoisotopic (exact) mass is 286 g/mol. The summed E-state index contributed by atoms with van der Waals surface area (Å²) in [7, 11) is 0. The van der Waals surface area contributed by atoms with E-state index in [1.54, 1.807) is 10.7 Å². The lowest BCUT2D eigenvalue weighted by Crippen LogP contribution is -2.42. The highest BCUT2D eigenvalue weighted by molar-refractivity contribution is 6.03. The Balaban J connectivity index is 1.62. The summed E-state index contributed by atoms with van der Waals surface area (Å²) in [6.45, 7) is 1.99. The number of carbonyl (C=O) groups is 1. The average Bonchev–Trinajstić information content (AvgIpc) is 3.14. The lowest BCUT2D eigenvalue weighted by molar-refractivity contribution is -0.0920. The Hall–Kier alpha value is -1.72. The number of hydrogen-bond donors (Lipinski definition) is 0. The van der Waals surface area contributed by atoms with Crippen molar-refractivity contribution in [3.63, 3.8) is 0 Å². The molecule has 0 saturated carbocycles. The van der Waals surface area contributed by atoms with Gasteiger partial charge < -0.3 is 9.47 Å². The fourth-order valence-corrected chi connectivity index (χ4v) is 3.46. The molecule has 0 amide bonds. The van der Waals surface area contributed by atoms with Crippen LogP contribution in [0.1, 0.15) is 29.6 Å². The summed E-state index contributed by atoms with van der Waals surface area (Å²) in [6, 6.07) is 5.78. The summed E-state index contributed by atoms with van der Waals surface area (Å²) >= 11 is 0. The van der Waals surface area contributed by atoms with Crippen molar-refractivity contribution >= 4 is 11.3 Å². The molecule has 0 radical (unpaired) electrons. The summed E-state index contributed by atoms with van der Waals surface area (Å²) in [5.41, 5.74) is 1.36. The highest BCUT2D eigenvalue weighted by Gasteiger charge is 2.43. The Morgan fingerprint density at radius 3 is 3.19 bits per heavy atom. The van der Waals surface area contributed by atoms with Crippen LogP contribution in [0.25, 0.3) is 5.52 Å². The summed E-state index contributed by atoms with van der Waals surface area (Å²) in [5.74, 6) is 0.194. The molecular weight excluding hydrogens is 268 g/mol. The van der Waals surface area contributed by atoms with E-state index in [2.05, 4.69) is 5.10 Å². The Labute approximate surface area is 122 Å². The maximum Gasteiger partial charge on any atom is 0.169 e. The molecule has 4 rings (SSSR count). The van der Waals surface area contributed by atoms with Gasteiger partial charge in [-0.05, 0) is 25.0 Å². The van der Waals surface area contributed by atoms with Crippen molar-refractivity contribution in [1.82, 2.24) is 9.61 Å². The zero-order valence-corrected chi connectivity index (χ0v) is 11.8. The van der Waals surface area contributed by atoms with Gasteiger partial charge in [0.1, 0.15) is 0 Å². The molecule has 2 fully saturated rings. The Morgan fingerprint density at radius 1 is 1.38 bits per heavy atom. The molecule has 0 aromatic carbocycles. The van der Waals surface area contributed by atoms with Crippen LogP contribution in [0.5, 0.6) is 0 Å². The second kappa shape index (κ2) is 4.93. The second-order valence-electron chi connectivity index (χ2n) is 5.98. The van der Waals surface area contributed by atoms with Gasteiger partial charge in [-0.1, -0.05) is 6.07 Å². The molecule has 2 unspecified atom stereocenters. The summed E-state index contributed by atoms with van der Waals surface area (Å²) < 4.78 is 13.1. The van der Waals surface area contributed by atoms with E-state index in [1.807, 2.05) is 24.4 Å². The van der Waals surface area contributed by atoms with Crippen LogP contribution < -0.4 is 0 Å². The Kier molecular flexibility index (Phi) is 3.05. The molecule has 110 valence electrons. The number of rotatable bonds is 2. The first-order valence-electron chi connectivity index (χ1n) is 7.46. The number of carbonyl (C=O) groups excluding carboxylic acids is 1. The van der Waals surface area contributed by atoms with Gasteiger partial charge in [0.15, 0.2) is 5.78 Å². The van der Waals surface area contributed by atoms with E-state index < -0.39 is 0 Å². The van der Waals surface area contributed by atoms with Gasteiger partial charge in [-0.2, -0.15) is 5.10 Å². The zero-order valence-electron chi connectivity index (χ0n) is 11.8. The maximum absolute atomic E-state index is 12.9. The van der Waals surface area contributed by atoms with E-state index in [9.17, 15) is 4.79 Å². The van der Waals surface area contributed by atoms with Crippen molar-refractivity contribution in [3.05, 3.63) is 36.2 Å². The van der Waals surface area contributed by atoms with Crippen LogP contribution in [0.15, 0.2) is 30.6 Å². The minimum atomic E-state index is -0.235. The van der Waals surface area contributed by atoms with Crippen molar-refractivity contribution in [3.8, 4) is 0 Å². The fourth-order valence-electron chi connectivity index (χ4n) is 3.46. The third kappa shape index (κ3) is 2.17. The van der Waals surface area contributed by atoms with Crippen LogP contribution in [-0.4, -0.2) is 40.8 Å². The number of ketones is 1. The highest BCUT2D eigenvalue weighted by atomic mass is 16.6. The molecule has 0 bridgehead atoms. The normalized spacial score (nSPS) is 29.2. The van der Waals surface area contributed by atoms with Gasteiger partial charge in [-0.15, -0.1) is 0 Å². The number of nitrogens with zero attached hydrogens (tertiary/aromatic N) is 2. The minimum Gasteiger partial charge on any atom is -0.378 e. The van der Waals surface area contributed by atoms with Crippen LogP contribution >= 0.6 is 0 Å². The molecular formula is C16H18N2O3. The Morgan fingerprint density at radius 2 is 2.33 bits per heavy atom. The lowest BCUT2D eigenvalue weighted by atomic mass is 9.81. The molecule has 2 aromatic heterocycles. The number of hydrogen-bond acceptors (Lipinski definition) is 4. The van der Waals surface area contributed by atoms with Gasteiger partial charge >= 0.3 is 0 Å². The largest absolute Gasteiger partial charge is 0.378 e. The standard InChI is InChI=1S/C16H18N2O3/c19-15(13-10-17-18-6-2-1-3-14(13)18)12-4-7-21-16(9-12)5-8-20-11-16/h1-3,6,10,12H,4-5,7-9,11H2. The van der Waals surface area contributed by atoms with Crippen LogP contribution in [0.3, 0.4) is 0 Å². The molecule has 0 N–H and O–H groups in total. The quantitative estimate of drug-likeness (QED) is 0.793. The van der Waals surface area contributed by atoms with Crippen LogP contribution in [0, 0.1) is 5.92 Å². The van der Waals surface area contributed by atoms with E-state index >= 15 is 0 Å². The first kappa shape index (κ1) is 13.0. The molecule has 2 aliphatic rings. The Bertz CT molecular complexity index is 673. The second-order valence-corrected chi connectivity index (χ2v) is 5.98. The number of Topliss-reactive ketones (excluding diaryl/α,β-unsaturated/α-hetero) is 1. The number of fused-ring (bicyclic) bond motifs is 1. The van der Waals surface area contributed by atoms with E-state index in [4.69, 9.17) is 9.47 Å². The van der Waals surface area contributed by atoms with Gasteiger partial charge in [-0.25, -0.2) is 4.52 Å². The molecule has 0 aliphatic carbocycles. The first-order valence-corrected chi connectivity index (χ1v) is 7.46. The number of aromatic nitrogens is 2. The van der Waals surface area contributed by atoms with Gasteiger partial charge in [0.2, 0.25) is 0 Å². The van der Waals surface area contributed by atoms with Crippen molar-refractivity contribution in [2.75, 3.05) is 19.8 Å². The van der Waals surface area contributed by atoms with Crippen LogP contribution in [-0.2, 0) is 9.47 Å². The van der Waals surface area contributed by atoms with Gasteiger partial charge in [0.05, 0.1) is 29.5 Å². The average molecular weight is 286 g/mol. The van der Waals surface area contributed by atoms with Gasteiger partial charge in [0.25, 0.3) is 0 Å². The minimum absolute atomic E-state index is 0.00801. The highest BCUT2D eigenvalue weighted by Crippen LogP contribution is 2.37. The van der Waals surface area contributed by atoms with Gasteiger partial charge in [0, 0.05) is 31.7 Å². The summed E-state index contributed by atoms with van der Waals surface area (Å²) in [4.78, 5) is 12.9. The maximum atomic E-state index is 12.9. The molecule has 2 aromatic rings. The molecule has 2 aliphatic heterocycles. The van der Waals surface area contributed by atoms with Crippen molar-refractivity contribution in [1.29, 1.82) is 0 Å². The third-order valence-electron chi connectivity index (χ3n) is 4.62. The topological polar surface area (TPSA) is 52.8 Å². The van der Waals surface area contributed by atoms with E-state index in [0.717, 1.165) is 36.9 Å². The zero-order chi connectivity index (χ0) is 14.3. The lowest BCUT2D eigenvalue weighted by Gasteiger charge is -2.36. The van der Waals surface area contributed by atoms with Crippen LogP contribution in [0.2, 0.25) is 0 Å². The summed E-state index contributed by atoms with van der Waals surface area (Å²) in [5, 5.41) is 4.26. The van der Waals surface area contributed by atoms with Crippen molar-refractivity contribution in [2.45, 2.75) is 24.9 Å². The molecule has 2 saturated heterocycles. The van der Waals surface area contributed by atoms with Crippen LogP contribution in [0.4, 0.5) is 0 Å². The SMILES string of the molecule is O=C(c1cnn2ccccc12)C1CCOC2(CCOC2)C1. The predicted octanol–water partition coefficient (Wildman–Crippen LogP) is 2.10. The van der Waals surface area contributed by atoms with Crippen molar-refractivity contribution < 1.29 is 14.3 Å². The van der Waals surface area contributed by atoms with Crippen molar-refractivity contribution in [2.24, 2.45) is 5.92 Å². The van der Waals surface area contributed by atoms with Gasteiger partial charge in [-0.3, -0.25) is 4.79 Å². The molecule has 4 heterocycles. The fraction of sp³-hybridized carbons (Fsp3) is 0.500. The molecule has 1 spiro atoms. The molecule has 2 atom stereocenters. The number of pyridine rings is 1. The predicted molar refractivity (Wildman–Crippen MR) is 76.4 cm³/mol. The van der Waals surface area contributed by atoms with E-state index in [0.29, 0.717) is 13.2 Å². The molecule has 21 heavy (non-hydrogen) atoms. The molecule has 5 heteroatoms. The smallest absolute Gasteiger partial charge is 0.169 e.